The number of anilines is 1. The van der Waals surface area contributed by atoms with E-state index in [0.29, 0.717) is 12.6 Å². The Morgan fingerprint density at radius 1 is 1.30 bits per heavy atom. The highest BCUT2D eigenvalue weighted by atomic mass is 16.5. The summed E-state index contributed by atoms with van der Waals surface area (Å²) >= 11 is 0. The van der Waals surface area contributed by atoms with Crippen LogP contribution in [0.1, 0.15) is 12.6 Å². The van der Waals surface area contributed by atoms with Crippen LogP contribution in [0.2, 0.25) is 0 Å². The van der Waals surface area contributed by atoms with E-state index in [2.05, 4.69) is 10.1 Å². The largest absolute Gasteiger partial charge is 0.492 e. The van der Waals surface area contributed by atoms with Crippen molar-refractivity contribution < 1.29 is 4.74 Å². The van der Waals surface area contributed by atoms with Crippen molar-refractivity contribution in [1.29, 1.82) is 0 Å². The number of hydrogen-bond acceptors (Lipinski definition) is 4. The molecule has 20 heavy (non-hydrogen) atoms. The third-order valence-electron chi connectivity index (χ3n) is 3.23. The van der Waals surface area contributed by atoms with Crippen LogP contribution in [0.15, 0.2) is 24.3 Å². The zero-order chi connectivity index (χ0) is 14.3. The summed E-state index contributed by atoms with van der Waals surface area (Å²) in [6, 6.07) is 7.78. The van der Waals surface area contributed by atoms with Gasteiger partial charge in [-0.1, -0.05) is 12.1 Å². The lowest BCUT2D eigenvalue weighted by atomic mass is 10.3. The van der Waals surface area contributed by atoms with Crippen LogP contribution in [0.4, 0.5) is 5.95 Å². The quantitative estimate of drug-likeness (QED) is 0.791. The smallest absolute Gasteiger partial charge is 0.207 e. The SMILES string of the molecule is CCOc1ccccc1-n1c(N)nc2c(C)nn(C)c21. The maximum atomic E-state index is 6.09. The van der Waals surface area contributed by atoms with Crippen LogP contribution < -0.4 is 10.5 Å². The number of aryl methyl sites for hydroxylation is 2. The maximum absolute atomic E-state index is 6.09. The molecule has 2 aromatic heterocycles. The first-order chi connectivity index (χ1) is 9.63. The first-order valence-electron chi connectivity index (χ1n) is 6.53. The van der Waals surface area contributed by atoms with Crippen LogP contribution in [0.5, 0.6) is 5.75 Å². The van der Waals surface area contributed by atoms with Gasteiger partial charge in [-0.25, -0.2) is 9.67 Å². The molecule has 2 heterocycles. The van der Waals surface area contributed by atoms with Gasteiger partial charge in [-0.3, -0.25) is 4.57 Å². The van der Waals surface area contributed by atoms with Crippen LogP contribution in [-0.2, 0) is 7.05 Å². The second-order valence-electron chi connectivity index (χ2n) is 4.59. The fourth-order valence-corrected chi connectivity index (χ4v) is 2.45. The third-order valence-corrected chi connectivity index (χ3v) is 3.23. The average Bonchev–Trinajstić information content (AvgIpc) is 2.89. The number of ether oxygens (including phenoxy) is 1. The van der Waals surface area contributed by atoms with E-state index in [1.807, 2.05) is 49.7 Å². The van der Waals surface area contributed by atoms with Gasteiger partial charge >= 0.3 is 0 Å². The van der Waals surface area contributed by atoms with Gasteiger partial charge in [0.15, 0.2) is 5.65 Å². The molecule has 0 unspecified atom stereocenters. The molecule has 104 valence electrons. The minimum absolute atomic E-state index is 0.434. The highest BCUT2D eigenvalue weighted by Gasteiger charge is 2.18. The molecule has 0 aliphatic heterocycles. The summed E-state index contributed by atoms with van der Waals surface area (Å²) in [5.74, 6) is 1.21. The molecule has 0 saturated heterocycles. The van der Waals surface area contributed by atoms with E-state index in [9.17, 15) is 0 Å². The summed E-state index contributed by atoms with van der Waals surface area (Å²) in [5, 5.41) is 4.39. The van der Waals surface area contributed by atoms with Crippen LogP contribution in [0.3, 0.4) is 0 Å². The van der Waals surface area contributed by atoms with Crippen molar-refractivity contribution in [3.63, 3.8) is 0 Å². The molecular formula is C14H17N5O. The van der Waals surface area contributed by atoms with Gasteiger partial charge in [-0.2, -0.15) is 5.10 Å². The Kier molecular flexibility index (Phi) is 2.85. The number of para-hydroxylation sites is 2. The second-order valence-corrected chi connectivity index (χ2v) is 4.59. The molecule has 2 N–H and O–H groups in total. The summed E-state index contributed by atoms with van der Waals surface area (Å²) < 4.78 is 9.34. The minimum atomic E-state index is 0.434. The third kappa shape index (κ3) is 1.72. The highest BCUT2D eigenvalue weighted by molar-refractivity contribution is 5.80. The van der Waals surface area contributed by atoms with Crippen molar-refractivity contribution in [3.8, 4) is 11.4 Å². The van der Waals surface area contributed by atoms with Gasteiger partial charge in [-0.15, -0.1) is 0 Å². The molecule has 0 aliphatic carbocycles. The standard InChI is InChI=1S/C14H17N5O/c1-4-20-11-8-6-5-7-10(11)19-13-12(16-14(19)15)9(2)17-18(13)3/h5-8H,4H2,1-3H3,(H2,15,16). The average molecular weight is 271 g/mol. The van der Waals surface area contributed by atoms with E-state index in [1.54, 1.807) is 4.68 Å². The number of rotatable bonds is 3. The van der Waals surface area contributed by atoms with Gasteiger partial charge in [0.25, 0.3) is 0 Å². The number of aromatic nitrogens is 4. The summed E-state index contributed by atoms with van der Waals surface area (Å²) in [6.07, 6.45) is 0. The molecule has 0 bridgehead atoms. The normalized spacial score (nSPS) is 11.2. The molecule has 0 amide bonds. The zero-order valence-electron chi connectivity index (χ0n) is 11.8. The highest BCUT2D eigenvalue weighted by Crippen LogP contribution is 2.30. The Morgan fingerprint density at radius 2 is 2.05 bits per heavy atom. The topological polar surface area (TPSA) is 70.9 Å². The van der Waals surface area contributed by atoms with Crippen LogP contribution in [0.25, 0.3) is 16.9 Å². The van der Waals surface area contributed by atoms with E-state index >= 15 is 0 Å². The van der Waals surface area contributed by atoms with E-state index in [4.69, 9.17) is 10.5 Å². The Morgan fingerprint density at radius 3 is 2.80 bits per heavy atom. The minimum Gasteiger partial charge on any atom is -0.492 e. The summed E-state index contributed by atoms with van der Waals surface area (Å²) in [4.78, 5) is 4.41. The number of fused-ring (bicyclic) bond motifs is 1. The Balaban J connectivity index is 2.32. The van der Waals surface area contributed by atoms with Crippen molar-refractivity contribution in [2.75, 3.05) is 12.3 Å². The number of nitrogens with zero attached hydrogens (tertiary/aromatic N) is 4. The number of benzene rings is 1. The van der Waals surface area contributed by atoms with Gasteiger partial charge in [-0.05, 0) is 26.0 Å². The maximum Gasteiger partial charge on any atom is 0.207 e. The number of nitrogen functional groups attached to an aromatic ring is 1. The van der Waals surface area contributed by atoms with E-state index in [1.165, 1.54) is 0 Å². The van der Waals surface area contributed by atoms with Crippen LogP contribution >= 0.6 is 0 Å². The summed E-state index contributed by atoms with van der Waals surface area (Å²) in [5.41, 5.74) is 9.51. The number of hydrogen-bond donors (Lipinski definition) is 1. The summed E-state index contributed by atoms with van der Waals surface area (Å²) in [7, 11) is 1.89. The molecule has 3 aromatic rings. The lowest BCUT2D eigenvalue weighted by Gasteiger charge is -2.12. The Labute approximate surface area is 116 Å². The number of imidazole rings is 1. The molecule has 0 aliphatic rings. The first-order valence-corrected chi connectivity index (χ1v) is 6.53. The van der Waals surface area contributed by atoms with Crippen molar-refractivity contribution in [2.24, 2.45) is 7.05 Å². The van der Waals surface area contributed by atoms with Crippen molar-refractivity contribution >= 4 is 17.1 Å². The predicted molar refractivity (Wildman–Crippen MR) is 78.2 cm³/mol. The molecule has 0 spiro atoms. The van der Waals surface area contributed by atoms with E-state index in [-0.39, 0.29) is 0 Å². The Bertz CT molecular complexity index is 771. The lowest BCUT2D eigenvalue weighted by molar-refractivity contribution is 0.339. The fourth-order valence-electron chi connectivity index (χ4n) is 2.45. The lowest BCUT2D eigenvalue weighted by Crippen LogP contribution is -2.07. The van der Waals surface area contributed by atoms with Crippen LogP contribution in [0, 0.1) is 6.92 Å². The van der Waals surface area contributed by atoms with Gasteiger partial charge in [0.1, 0.15) is 11.3 Å². The van der Waals surface area contributed by atoms with Crippen molar-refractivity contribution in [2.45, 2.75) is 13.8 Å². The Hall–Kier alpha value is -2.50. The van der Waals surface area contributed by atoms with E-state index in [0.717, 1.165) is 28.3 Å². The fraction of sp³-hybridized carbons (Fsp3) is 0.286. The molecule has 1 aromatic carbocycles. The molecule has 0 saturated carbocycles. The van der Waals surface area contributed by atoms with E-state index < -0.39 is 0 Å². The summed E-state index contributed by atoms with van der Waals surface area (Å²) in [6.45, 7) is 4.48. The van der Waals surface area contributed by atoms with Gasteiger partial charge < -0.3 is 10.5 Å². The van der Waals surface area contributed by atoms with Gasteiger partial charge in [0, 0.05) is 7.05 Å². The molecule has 6 nitrogen and oxygen atoms in total. The molecule has 6 heteroatoms. The molecule has 0 radical (unpaired) electrons. The van der Waals surface area contributed by atoms with Crippen LogP contribution in [-0.4, -0.2) is 25.9 Å². The second kappa shape index (κ2) is 4.56. The predicted octanol–water partition coefficient (Wildman–Crippen LogP) is 2.05. The first kappa shape index (κ1) is 12.5. The number of nitrogens with two attached hydrogens (primary N) is 1. The van der Waals surface area contributed by atoms with Crippen molar-refractivity contribution in [3.05, 3.63) is 30.0 Å². The van der Waals surface area contributed by atoms with Gasteiger partial charge in [0.05, 0.1) is 18.0 Å². The van der Waals surface area contributed by atoms with Crippen molar-refractivity contribution in [1.82, 2.24) is 19.3 Å². The molecule has 0 fully saturated rings. The monoisotopic (exact) mass is 271 g/mol. The zero-order valence-corrected chi connectivity index (χ0v) is 11.8. The molecular weight excluding hydrogens is 254 g/mol. The van der Waals surface area contributed by atoms with Gasteiger partial charge in [0.2, 0.25) is 5.95 Å². The molecule has 3 rings (SSSR count). The molecule has 0 atom stereocenters.